The first-order chi connectivity index (χ1) is 8.43. The highest BCUT2D eigenvalue weighted by molar-refractivity contribution is 6.35. The summed E-state index contributed by atoms with van der Waals surface area (Å²) in [5.74, 6) is -1.21. The average Bonchev–Trinajstić information content (AvgIpc) is 2.27. The second kappa shape index (κ2) is 6.61. The highest BCUT2D eigenvalue weighted by atomic mass is 35.5. The molecule has 0 aliphatic carbocycles. The number of hydrogen-bond donors (Lipinski definition) is 1. The Morgan fingerprint density at radius 1 is 1.22 bits per heavy atom. The Bertz CT molecular complexity index is 442. The molecule has 1 aromatic rings. The van der Waals surface area contributed by atoms with Crippen LogP contribution in [0.25, 0.3) is 0 Å². The molecule has 0 fully saturated rings. The Morgan fingerprint density at radius 3 is 2.22 bits per heavy atom. The number of carbonyl (C=O) groups is 2. The van der Waals surface area contributed by atoms with Crippen LogP contribution in [0.3, 0.4) is 0 Å². The van der Waals surface area contributed by atoms with Gasteiger partial charge in [-0.25, -0.2) is 0 Å². The van der Waals surface area contributed by atoms with Gasteiger partial charge in [0, 0.05) is 28.7 Å². The lowest BCUT2D eigenvalue weighted by Gasteiger charge is -2.20. The van der Waals surface area contributed by atoms with Crippen molar-refractivity contribution in [1.82, 2.24) is 4.90 Å². The quantitative estimate of drug-likeness (QED) is 0.907. The predicted octanol–water partition coefficient (Wildman–Crippen LogP) is 2.93. The first-order valence-electron chi connectivity index (χ1n) is 5.41. The summed E-state index contributed by atoms with van der Waals surface area (Å²) in [6, 6.07) is 4.56. The van der Waals surface area contributed by atoms with Gasteiger partial charge in [0.2, 0.25) is 0 Å². The van der Waals surface area contributed by atoms with Crippen LogP contribution >= 0.6 is 23.2 Å². The Kier molecular flexibility index (Phi) is 5.44. The first-order valence-corrected chi connectivity index (χ1v) is 6.16. The van der Waals surface area contributed by atoms with E-state index in [4.69, 9.17) is 28.3 Å². The minimum absolute atomic E-state index is 0.0894. The monoisotopic (exact) mass is 289 g/mol. The number of hydrogen-bond acceptors (Lipinski definition) is 2. The van der Waals surface area contributed by atoms with Crippen LogP contribution in [0, 0.1) is 0 Å². The predicted molar refractivity (Wildman–Crippen MR) is 70.3 cm³/mol. The van der Waals surface area contributed by atoms with E-state index in [0.29, 0.717) is 22.2 Å². The van der Waals surface area contributed by atoms with Crippen molar-refractivity contribution < 1.29 is 14.7 Å². The maximum absolute atomic E-state index is 12.1. The summed E-state index contributed by atoms with van der Waals surface area (Å²) in [6.07, 6.45) is -0.0894. The van der Waals surface area contributed by atoms with Gasteiger partial charge in [-0.3, -0.25) is 9.59 Å². The number of carboxylic acids is 1. The van der Waals surface area contributed by atoms with Gasteiger partial charge >= 0.3 is 5.97 Å². The molecular weight excluding hydrogens is 277 g/mol. The number of rotatable bonds is 5. The summed E-state index contributed by atoms with van der Waals surface area (Å²) in [5.41, 5.74) is 0.361. The smallest absolute Gasteiger partial charge is 0.305 e. The molecule has 0 aliphatic rings. The molecule has 0 bridgehead atoms. The van der Waals surface area contributed by atoms with Crippen LogP contribution in [0.1, 0.15) is 23.7 Å². The second-order valence-electron chi connectivity index (χ2n) is 3.69. The van der Waals surface area contributed by atoms with E-state index in [-0.39, 0.29) is 18.9 Å². The fraction of sp³-hybridized carbons (Fsp3) is 0.333. The summed E-state index contributed by atoms with van der Waals surface area (Å²) in [5, 5.41) is 9.37. The third-order valence-corrected chi connectivity index (χ3v) is 2.81. The van der Waals surface area contributed by atoms with Crippen LogP contribution in [0.15, 0.2) is 18.2 Å². The zero-order valence-electron chi connectivity index (χ0n) is 9.82. The molecule has 0 radical (unpaired) electrons. The maximum atomic E-state index is 12.1. The van der Waals surface area contributed by atoms with Crippen LogP contribution in [0.5, 0.6) is 0 Å². The van der Waals surface area contributed by atoms with Crippen molar-refractivity contribution in [3.8, 4) is 0 Å². The molecule has 1 amide bonds. The van der Waals surface area contributed by atoms with Crippen molar-refractivity contribution in [3.63, 3.8) is 0 Å². The van der Waals surface area contributed by atoms with Crippen molar-refractivity contribution in [2.75, 3.05) is 13.1 Å². The number of carboxylic acid groups (broad SMARTS) is 1. The average molecular weight is 290 g/mol. The minimum Gasteiger partial charge on any atom is -0.481 e. The van der Waals surface area contributed by atoms with Crippen molar-refractivity contribution in [2.45, 2.75) is 13.3 Å². The molecule has 6 heteroatoms. The van der Waals surface area contributed by atoms with Gasteiger partial charge in [-0.15, -0.1) is 0 Å². The summed E-state index contributed by atoms with van der Waals surface area (Å²) >= 11 is 11.6. The van der Waals surface area contributed by atoms with E-state index in [9.17, 15) is 9.59 Å². The molecule has 0 spiro atoms. The van der Waals surface area contributed by atoms with Crippen molar-refractivity contribution in [3.05, 3.63) is 33.8 Å². The zero-order chi connectivity index (χ0) is 13.7. The number of halogens is 2. The Balaban J connectivity index is 2.85. The molecule has 1 N–H and O–H groups in total. The van der Waals surface area contributed by atoms with E-state index in [2.05, 4.69) is 0 Å². The SMILES string of the molecule is CCN(CCC(=O)O)C(=O)c1cc(Cl)cc(Cl)c1. The maximum Gasteiger partial charge on any atom is 0.305 e. The summed E-state index contributed by atoms with van der Waals surface area (Å²) < 4.78 is 0. The lowest BCUT2D eigenvalue weighted by atomic mass is 10.2. The number of carbonyl (C=O) groups excluding carboxylic acids is 1. The molecule has 0 aliphatic heterocycles. The van der Waals surface area contributed by atoms with Gasteiger partial charge < -0.3 is 10.0 Å². The number of aliphatic carboxylic acids is 1. The number of nitrogens with zero attached hydrogens (tertiary/aromatic N) is 1. The van der Waals surface area contributed by atoms with Crippen molar-refractivity contribution >= 4 is 35.1 Å². The standard InChI is InChI=1S/C12H13Cl2NO3/c1-2-15(4-3-11(16)17)12(18)8-5-9(13)7-10(14)6-8/h5-7H,2-4H2,1H3,(H,16,17). The molecule has 0 heterocycles. The fourth-order valence-corrected chi connectivity index (χ4v) is 2.02. The lowest BCUT2D eigenvalue weighted by Crippen LogP contribution is -2.32. The molecule has 0 saturated heterocycles. The normalized spacial score (nSPS) is 10.2. The first kappa shape index (κ1) is 14.8. The van der Waals surface area contributed by atoms with Gasteiger partial charge in [0.1, 0.15) is 0 Å². The fourth-order valence-electron chi connectivity index (χ4n) is 1.49. The van der Waals surface area contributed by atoms with Crippen LogP contribution in [-0.4, -0.2) is 35.0 Å². The van der Waals surface area contributed by atoms with Gasteiger partial charge in [0.15, 0.2) is 0 Å². The van der Waals surface area contributed by atoms with Crippen LogP contribution in [-0.2, 0) is 4.79 Å². The molecule has 0 saturated carbocycles. The lowest BCUT2D eigenvalue weighted by molar-refractivity contribution is -0.137. The summed E-state index contributed by atoms with van der Waals surface area (Å²) in [6.45, 7) is 2.37. The van der Waals surface area contributed by atoms with Gasteiger partial charge in [-0.2, -0.15) is 0 Å². The molecular formula is C12H13Cl2NO3. The van der Waals surface area contributed by atoms with Crippen molar-refractivity contribution in [2.24, 2.45) is 0 Å². The van der Waals surface area contributed by atoms with E-state index < -0.39 is 5.97 Å². The Labute approximate surface area is 115 Å². The molecule has 0 unspecified atom stereocenters. The molecule has 0 aromatic heterocycles. The minimum atomic E-state index is -0.939. The number of benzene rings is 1. The van der Waals surface area contributed by atoms with E-state index >= 15 is 0 Å². The summed E-state index contributed by atoms with van der Waals surface area (Å²) in [4.78, 5) is 24.1. The molecule has 18 heavy (non-hydrogen) atoms. The van der Waals surface area contributed by atoms with E-state index in [1.54, 1.807) is 6.92 Å². The Hall–Kier alpha value is -1.26. The summed E-state index contributed by atoms with van der Waals surface area (Å²) in [7, 11) is 0. The molecule has 1 rings (SSSR count). The molecule has 4 nitrogen and oxygen atoms in total. The van der Waals surface area contributed by atoms with Gasteiger partial charge in [-0.05, 0) is 25.1 Å². The van der Waals surface area contributed by atoms with Crippen LogP contribution in [0.4, 0.5) is 0 Å². The van der Waals surface area contributed by atoms with E-state index in [1.165, 1.54) is 23.1 Å². The number of amides is 1. The third kappa shape index (κ3) is 4.20. The highest BCUT2D eigenvalue weighted by Gasteiger charge is 2.16. The van der Waals surface area contributed by atoms with E-state index in [0.717, 1.165) is 0 Å². The third-order valence-electron chi connectivity index (χ3n) is 2.37. The largest absolute Gasteiger partial charge is 0.481 e. The molecule has 0 atom stereocenters. The zero-order valence-corrected chi connectivity index (χ0v) is 11.3. The molecule has 1 aromatic carbocycles. The second-order valence-corrected chi connectivity index (χ2v) is 4.56. The van der Waals surface area contributed by atoms with Crippen LogP contribution in [0.2, 0.25) is 10.0 Å². The van der Waals surface area contributed by atoms with Crippen LogP contribution < -0.4 is 0 Å². The topological polar surface area (TPSA) is 57.6 Å². The molecule has 98 valence electrons. The van der Waals surface area contributed by atoms with Crippen molar-refractivity contribution in [1.29, 1.82) is 0 Å². The van der Waals surface area contributed by atoms with E-state index in [1.807, 2.05) is 0 Å². The van der Waals surface area contributed by atoms with Gasteiger partial charge in [-0.1, -0.05) is 23.2 Å². The highest BCUT2D eigenvalue weighted by Crippen LogP contribution is 2.20. The Morgan fingerprint density at radius 2 is 1.78 bits per heavy atom. The van der Waals surface area contributed by atoms with Gasteiger partial charge in [0.25, 0.3) is 5.91 Å². The van der Waals surface area contributed by atoms with Gasteiger partial charge in [0.05, 0.1) is 6.42 Å².